The van der Waals surface area contributed by atoms with Crippen LogP contribution in [0.5, 0.6) is 0 Å². The summed E-state index contributed by atoms with van der Waals surface area (Å²) in [5.74, 6) is 6.02. The van der Waals surface area contributed by atoms with Crippen molar-refractivity contribution in [1.82, 2.24) is 0 Å². The Kier molecular flexibility index (Phi) is 3.80. The lowest BCUT2D eigenvalue weighted by molar-refractivity contribution is 0.270. The van der Waals surface area contributed by atoms with E-state index in [-0.39, 0.29) is 11.3 Å². The molecular weight excluding hydrogens is 292 g/mol. The van der Waals surface area contributed by atoms with Gasteiger partial charge in [-0.05, 0) is 6.08 Å². The Labute approximate surface area is 121 Å². The van der Waals surface area contributed by atoms with Crippen LogP contribution in [-0.4, -0.2) is 35.6 Å². The van der Waals surface area contributed by atoms with Gasteiger partial charge >= 0.3 is 0 Å². The van der Waals surface area contributed by atoms with Crippen molar-refractivity contribution in [2.45, 2.75) is 0 Å². The van der Waals surface area contributed by atoms with Gasteiger partial charge in [0.15, 0.2) is 5.94 Å². The van der Waals surface area contributed by atoms with Crippen molar-refractivity contribution in [2.75, 3.05) is 0 Å². The van der Waals surface area contributed by atoms with Crippen LogP contribution in [-0.2, 0) is 33.5 Å². The largest absolute Gasteiger partial charge is 0.447 e. The molecule has 1 saturated heterocycles. The molecule has 22 heavy (non-hydrogen) atoms. The van der Waals surface area contributed by atoms with Crippen molar-refractivity contribution in [3.8, 4) is 0 Å². The van der Waals surface area contributed by atoms with E-state index in [1.807, 2.05) is 0 Å². The first-order valence-corrected chi connectivity index (χ1v) is 5.58. The molecular formula is C15H2O7. The van der Waals surface area contributed by atoms with Gasteiger partial charge in [0.25, 0.3) is 0 Å². The highest BCUT2D eigenvalue weighted by Crippen LogP contribution is 2.45. The minimum Gasteiger partial charge on any atom is -0.447 e. The van der Waals surface area contributed by atoms with Gasteiger partial charge in [0, 0.05) is 0 Å². The molecule has 2 aliphatic rings. The maximum absolute atomic E-state index is 11.1. The van der Waals surface area contributed by atoms with Crippen molar-refractivity contribution in [2.24, 2.45) is 5.92 Å². The maximum atomic E-state index is 11.1. The summed E-state index contributed by atoms with van der Waals surface area (Å²) in [6, 6.07) is 0. The van der Waals surface area contributed by atoms with Crippen LogP contribution in [0, 0.1) is 5.92 Å². The van der Waals surface area contributed by atoms with Gasteiger partial charge in [0.2, 0.25) is 5.76 Å². The highest BCUT2D eigenvalue weighted by Gasteiger charge is 2.43. The Hall–Kier alpha value is -3.76. The van der Waals surface area contributed by atoms with E-state index in [0.717, 1.165) is 6.08 Å². The van der Waals surface area contributed by atoms with Gasteiger partial charge in [-0.3, -0.25) is 0 Å². The van der Waals surface area contributed by atoms with Gasteiger partial charge < -0.3 is 4.74 Å². The van der Waals surface area contributed by atoms with E-state index >= 15 is 0 Å². The highest BCUT2D eigenvalue weighted by atomic mass is 16.5. The van der Waals surface area contributed by atoms with Crippen molar-refractivity contribution >= 4 is 35.6 Å². The maximum Gasteiger partial charge on any atom is 0.229 e. The fourth-order valence-corrected chi connectivity index (χ4v) is 2.12. The summed E-state index contributed by atoms with van der Waals surface area (Å²) in [7, 11) is 0. The number of allylic oxidation sites excluding steroid dienone is 5. The quantitative estimate of drug-likeness (QED) is 0.529. The fourth-order valence-electron chi connectivity index (χ4n) is 2.12. The van der Waals surface area contributed by atoms with Gasteiger partial charge in [-0.25, -0.2) is 28.8 Å². The molecule has 0 aromatic carbocycles. The first kappa shape index (κ1) is 14.6. The van der Waals surface area contributed by atoms with Crippen molar-refractivity contribution < 1.29 is 33.5 Å². The minimum absolute atomic E-state index is 0.216. The Morgan fingerprint density at radius 1 is 0.727 bits per heavy atom. The molecule has 1 heterocycles. The zero-order valence-corrected chi connectivity index (χ0v) is 10.5. The summed E-state index contributed by atoms with van der Waals surface area (Å²) in [6.45, 7) is 0. The van der Waals surface area contributed by atoms with E-state index < -0.39 is 34.0 Å². The average Bonchev–Trinajstić information content (AvgIpc) is 2.57. The molecule has 0 amide bonds. The Morgan fingerprint density at radius 2 is 1.32 bits per heavy atom. The molecule has 1 unspecified atom stereocenters. The molecule has 1 fully saturated rings. The predicted molar refractivity (Wildman–Crippen MR) is 67.9 cm³/mol. The SMILES string of the molecule is O=C=C1C=C2OC(=C=O)C(=C=O)C(=C=O)C2C(=C=O)C1=C=O. The first-order valence-electron chi connectivity index (χ1n) is 5.58. The molecule has 1 aliphatic heterocycles. The Bertz CT molecular complexity index is 922. The summed E-state index contributed by atoms with van der Waals surface area (Å²) in [6.07, 6.45) is 0.995. The van der Waals surface area contributed by atoms with Crippen molar-refractivity contribution in [3.05, 3.63) is 45.5 Å². The summed E-state index contributed by atoms with van der Waals surface area (Å²) in [4.78, 5) is 65.8. The third-order valence-corrected chi connectivity index (χ3v) is 3.03. The van der Waals surface area contributed by atoms with Crippen LogP contribution in [0.2, 0.25) is 0 Å². The zero-order chi connectivity index (χ0) is 16.3. The van der Waals surface area contributed by atoms with Crippen LogP contribution in [0.4, 0.5) is 0 Å². The summed E-state index contributed by atoms with van der Waals surface area (Å²) in [5.41, 5.74) is -2.33. The van der Waals surface area contributed by atoms with Crippen LogP contribution >= 0.6 is 0 Å². The van der Waals surface area contributed by atoms with Crippen LogP contribution in [0.25, 0.3) is 0 Å². The lowest BCUT2D eigenvalue weighted by atomic mass is 9.76. The molecule has 0 bridgehead atoms. The second-order valence-electron chi connectivity index (χ2n) is 4.01. The van der Waals surface area contributed by atoms with E-state index in [1.54, 1.807) is 0 Å². The van der Waals surface area contributed by atoms with Crippen molar-refractivity contribution in [3.63, 3.8) is 0 Å². The van der Waals surface area contributed by atoms with Crippen molar-refractivity contribution in [1.29, 1.82) is 0 Å². The van der Waals surface area contributed by atoms with Gasteiger partial charge in [0.1, 0.15) is 41.0 Å². The third-order valence-electron chi connectivity index (χ3n) is 3.03. The van der Waals surface area contributed by atoms with Gasteiger partial charge in [-0.1, -0.05) is 0 Å². The lowest BCUT2D eigenvalue weighted by Crippen LogP contribution is -2.27. The standard InChI is InChI=1S/C15H2O7/c16-2-8-1-13-15(11(5-19)9(8)3-17)12(6-20)10(4-18)14(7-21)22-13/h1,15H. The third kappa shape index (κ3) is 1.93. The molecule has 1 aliphatic carbocycles. The Morgan fingerprint density at radius 3 is 1.77 bits per heavy atom. The number of ether oxygens (including phenoxy) is 1. The highest BCUT2D eigenvalue weighted by molar-refractivity contribution is 5.92. The van der Waals surface area contributed by atoms with Crippen LogP contribution in [0.1, 0.15) is 0 Å². The lowest BCUT2D eigenvalue weighted by Gasteiger charge is -2.30. The topological polar surface area (TPSA) is 112 Å². The van der Waals surface area contributed by atoms with E-state index in [4.69, 9.17) is 4.74 Å². The van der Waals surface area contributed by atoms with E-state index in [0.29, 0.717) is 0 Å². The smallest absolute Gasteiger partial charge is 0.229 e. The second kappa shape index (κ2) is 5.70. The molecule has 0 spiro atoms. The fraction of sp³-hybridized carbons (Fsp3) is 0.0667. The molecule has 7 heteroatoms. The molecule has 0 saturated carbocycles. The van der Waals surface area contributed by atoms with E-state index in [2.05, 4.69) is 0 Å². The molecule has 0 radical (unpaired) electrons. The molecule has 0 aromatic heterocycles. The number of carbonyl (C=O) groups excluding carboxylic acids is 6. The molecule has 104 valence electrons. The van der Waals surface area contributed by atoms with E-state index in [9.17, 15) is 28.8 Å². The van der Waals surface area contributed by atoms with Gasteiger partial charge in [0.05, 0.1) is 28.2 Å². The first-order chi connectivity index (χ1) is 10.7. The number of fused-ring (bicyclic) bond motifs is 1. The predicted octanol–water partition coefficient (Wildman–Crippen LogP) is -0.964. The van der Waals surface area contributed by atoms with Crippen LogP contribution in [0.3, 0.4) is 0 Å². The average molecular weight is 294 g/mol. The monoisotopic (exact) mass is 294 g/mol. The summed E-state index contributed by atoms with van der Waals surface area (Å²) < 4.78 is 5.04. The number of hydrogen-bond donors (Lipinski definition) is 0. The molecule has 0 N–H and O–H groups in total. The second-order valence-corrected chi connectivity index (χ2v) is 4.01. The molecule has 7 nitrogen and oxygen atoms in total. The number of hydrogen-bond acceptors (Lipinski definition) is 7. The summed E-state index contributed by atoms with van der Waals surface area (Å²) in [5, 5.41) is 0. The van der Waals surface area contributed by atoms with Crippen LogP contribution < -0.4 is 0 Å². The van der Waals surface area contributed by atoms with Gasteiger partial charge in [-0.2, -0.15) is 0 Å². The van der Waals surface area contributed by atoms with E-state index in [1.165, 1.54) is 35.6 Å². The Balaban J connectivity index is 2.92. The summed E-state index contributed by atoms with van der Waals surface area (Å²) >= 11 is 0. The normalized spacial score (nSPS) is 19.5. The molecule has 2 rings (SSSR count). The molecule has 0 aromatic rings. The number of rotatable bonds is 0. The van der Waals surface area contributed by atoms with Gasteiger partial charge in [-0.15, -0.1) is 0 Å². The zero-order valence-electron chi connectivity index (χ0n) is 10.5. The minimum atomic E-state index is -1.32. The van der Waals surface area contributed by atoms with Crippen LogP contribution in [0.15, 0.2) is 45.5 Å². The molecule has 1 atom stereocenters.